The maximum Gasteiger partial charge on any atom is 0.229 e. The number of carbonyl (C=O) groups is 2. The van der Waals surface area contributed by atoms with Crippen LogP contribution in [0, 0.1) is 11.3 Å². The van der Waals surface area contributed by atoms with Crippen LogP contribution in [0.2, 0.25) is 0 Å². The van der Waals surface area contributed by atoms with Crippen molar-refractivity contribution >= 4 is 24.2 Å². The molecule has 2 N–H and O–H groups in total. The summed E-state index contributed by atoms with van der Waals surface area (Å²) in [5.74, 6) is 0.273. The monoisotopic (exact) mass is 291 g/mol. The summed E-state index contributed by atoms with van der Waals surface area (Å²) in [5, 5.41) is 0. The van der Waals surface area contributed by atoms with E-state index in [4.69, 9.17) is 5.73 Å². The molecule has 0 aromatic heterocycles. The molecule has 1 heterocycles. The van der Waals surface area contributed by atoms with Crippen molar-refractivity contribution in [3.8, 4) is 0 Å². The minimum Gasteiger partial charge on any atom is -0.339 e. The quantitative estimate of drug-likeness (QED) is 0.833. The molecule has 0 aromatic rings. The summed E-state index contributed by atoms with van der Waals surface area (Å²) >= 11 is 0. The van der Waals surface area contributed by atoms with Crippen molar-refractivity contribution in [1.82, 2.24) is 9.80 Å². The van der Waals surface area contributed by atoms with Crippen molar-refractivity contribution < 1.29 is 9.59 Å². The molecule has 0 radical (unpaired) electrons. The van der Waals surface area contributed by atoms with Crippen molar-refractivity contribution in [2.75, 3.05) is 32.7 Å². The highest BCUT2D eigenvalue weighted by molar-refractivity contribution is 5.85. The third-order valence-corrected chi connectivity index (χ3v) is 3.46. The zero-order chi connectivity index (χ0) is 13.9. The standard InChI is InChI=1S/C13H25N3O2.ClH/c1-10(2)11(17)15-5-7-16(8-6-15)12(18)13(3,4)9-14;/h10H,5-9,14H2,1-4H3;1H. The van der Waals surface area contributed by atoms with Crippen LogP contribution in [-0.2, 0) is 9.59 Å². The Morgan fingerprint density at radius 2 is 1.53 bits per heavy atom. The zero-order valence-corrected chi connectivity index (χ0v) is 13.1. The lowest BCUT2D eigenvalue weighted by molar-refractivity contribution is -0.146. The number of nitrogens with zero attached hydrogens (tertiary/aromatic N) is 2. The van der Waals surface area contributed by atoms with Crippen molar-refractivity contribution in [2.24, 2.45) is 17.1 Å². The molecule has 0 atom stereocenters. The van der Waals surface area contributed by atoms with Gasteiger partial charge in [-0.25, -0.2) is 0 Å². The fourth-order valence-electron chi connectivity index (χ4n) is 2.01. The van der Waals surface area contributed by atoms with Gasteiger partial charge in [0, 0.05) is 38.6 Å². The molecule has 0 spiro atoms. The van der Waals surface area contributed by atoms with Crippen LogP contribution in [0.3, 0.4) is 0 Å². The lowest BCUT2D eigenvalue weighted by Crippen LogP contribution is -2.55. The Morgan fingerprint density at radius 1 is 1.11 bits per heavy atom. The summed E-state index contributed by atoms with van der Waals surface area (Å²) in [6, 6.07) is 0. The molecular formula is C13H26ClN3O2. The van der Waals surface area contributed by atoms with Crippen molar-refractivity contribution in [1.29, 1.82) is 0 Å². The van der Waals surface area contributed by atoms with Crippen LogP contribution in [0.1, 0.15) is 27.7 Å². The second-order valence-electron chi connectivity index (χ2n) is 5.86. The second-order valence-corrected chi connectivity index (χ2v) is 5.86. The molecule has 5 nitrogen and oxygen atoms in total. The van der Waals surface area contributed by atoms with Crippen LogP contribution in [-0.4, -0.2) is 54.3 Å². The van der Waals surface area contributed by atoms with Gasteiger partial charge in [-0.1, -0.05) is 13.8 Å². The molecular weight excluding hydrogens is 266 g/mol. The number of halogens is 1. The molecule has 1 fully saturated rings. The Hall–Kier alpha value is -0.810. The second kappa shape index (κ2) is 7.10. The molecule has 1 rings (SSSR count). The van der Waals surface area contributed by atoms with Crippen LogP contribution < -0.4 is 5.73 Å². The number of rotatable bonds is 3. The first-order chi connectivity index (χ1) is 8.29. The first kappa shape index (κ1) is 18.2. The molecule has 0 aliphatic carbocycles. The number of piperazine rings is 1. The van der Waals surface area contributed by atoms with Gasteiger partial charge in [-0.3, -0.25) is 9.59 Å². The SMILES string of the molecule is CC(C)C(=O)N1CCN(C(=O)C(C)(C)CN)CC1.Cl. The summed E-state index contributed by atoms with van der Waals surface area (Å²) in [7, 11) is 0. The van der Waals surface area contributed by atoms with Gasteiger partial charge in [0.05, 0.1) is 5.41 Å². The van der Waals surface area contributed by atoms with Gasteiger partial charge in [0.25, 0.3) is 0 Å². The van der Waals surface area contributed by atoms with Gasteiger partial charge in [-0.15, -0.1) is 12.4 Å². The molecule has 0 unspecified atom stereocenters. The Bertz CT molecular complexity index is 324. The molecule has 1 aliphatic heterocycles. The maximum atomic E-state index is 12.2. The van der Waals surface area contributed by atoms with E-state index in [1.165, 1.54) is 0 Å². The van der Waals surface area contributed by atoms with Gasteiger partial charge in [-0.2, -0.15) is 0 Å². The van der Waals surface area contributed by atoms with E-state index >= 15 is 0 Å². The lowest BCUT2D eigenvalue weighted by atomic mass is 9.91. The van der Waals surface area contributed by atoms with E-state index in [2.05, 4.69) is 0 Å². The van der Waals surface area contributed by atoms with Crippen molar-refractivity contribution in [2.45, 2.75) is 27.7 Å². The maximum absolute atomic E-state index is 12.2. The Labute approximate surface area is 121 Å². The highest BCUT2D eigenvalue weighted by atomic mass is 35.5. The topological polar surface area (TPSA) is 66.6 Å². The number of nitrogens with two attached hydrogens (primary N) is 1. The average Bonchev–Trinajstić information content (AvgIpc) is 2.37. The van der Waals surface area contributed by atoms with Gasteiger partial charge >= 0.3 is 0 Å². The molecule has 1 aliphatic rings. The highest BCUT2D eigenvalue weighted by Gasteiger charge is 2.33. The smallest absolute Gasteiger partial charge is 0.229 e. The van der Waals surface area contributed by atoms with Crippen LogP contribution in [0.25, 0.3) is 0 Å². The summed E-state index contributed by atoms with van der Waals surface area (Å²) < 4.78 is 0. The predicted octanol–water partition coefficient (Wildman–Crippen LogP) is 0.720. The van der Waals surface area contributed by atoms with Crippen molar-refractivity contribution in [3.05, 3.63) is 0 Å². The summed E-state index contributed by atoms with van der Waals surface area (Å²) in [6.45, 7) is 10.3. The third kappa shape index (κ3) is 4.35. The minimum atomic E-state index is -0.510. The third-order valence-electron chi connectivity index (χ3n) is 3.46. The number of hydrogen-bond donors (Lipinski definition) is 1. The van der Waals surface area contributed by atoms with Gasteiger partial charge in [0.1, 0.15) is 0 Å². The van der Waals surface area contributed by atoms with Crippen LogP contribution in [0.15, 0.2) is 0 Å². The highest BCUT2D eigenvalue weighted by Crippen LogP contribution is 2.18. The first-order valence-corrected chi connectivity index (χ1v) is 6.58. The Morgan fingerprint density at radius 3 is 1.89 bits per heavy atom. The van der Waals surface area contributed by atoms with Gasteiger partial charge in [-0.05, 0) is 13.8 Å². The van der Waals surface area contributed by atoms with Crippen LogP contribution in [0.4, 0.5) is 0 Å². The van der Waals surface area contributed by atoms with E-state index in [0.29, 0.717) is 32.7 Å². The minimum absolute atomic E-state index is 0. The van der Waals surface area contributed by atoms with Gasteiger partial charge in [0.2, 0.25) is 11.8 Å². The van der Waals surface area contributed by atoms with E-state index in [1.807, 2.05) is 37.5 Å². The van der Waals surface area contributed by atoms with Gasteiger partial charge < -0.3 is 15.5 Å². The molecule has 0 saturated carbocycles. The molecule has 0 aromatic carbocycles. The van der Waals surface area contributed by atoms with E-state index in [-0.39, 0.29) is 30.1 Å². The molecule has 6 heteroatoms. The fraction of sp³-hybridized carbons (Fsp3) is 0.846. The van der Waals surface area contributed by atoms with Crippen molar-refractivity contribution in [3.63, 3.8) is 0 Å². The summed E-state index contributed by atoms with van der Waals surface area (Å²) in [6.07, 6.45) is 0. The molecule has 2 amide bonds. The molecule has 19 heavy (non-hydrogen) atoms. The van der Waals surface area contributed by atoms with Crippen LogP contribution in [0.5, 0.6) is 0 Å². The van der Waals surface area contributed by atoms with E-state index < -0.39 is 5.41 Å². The fourth-order valence-corrected chi connectivity index (χ4v) is 2.01. The van der Waals surface area contributed by atoms with E-state index in [1.54, 1.807) is 0 Å². The average molecular weight is 292 g/mol. The normalized spacial score (nSPS) is 16.3. The van der Waals surface area contributed by atoms with Gasteiger partial charge in [0.15, 0.2) is 0 Å². The predicted molar refractivity (Wildman–Crippen MR) is 78.1 cm³/mol. The molecule has 0 bridgehead atoms. The number of hydrogen-bond acceptors (Lipinski definition) is 3. The molecule has 112 valence electrons. The zero-order valence-electron chi connectivity index (χ0n) is 12.3. The Kier molecular flexibility index (Phi) is 6.80. The number of carbonyl (C=O) groups excluding carboxylic acids is 2. The van der Waals surface area contributed by atoms with E-state index in [9.17, 15) is 9.59 Å². The first-order valence-electron chi connectivity index (χ1n) is 6.58. The van der Waals surface area contributed by atoms with Crippen LogP contribution >= 0.6 is 12.4 Å². The Balaban J connectivity index is 0.00000324. The van der Waals surface area contributed by atoms with E-state index in [0.717, 1.165) is 0 Å². The summed E-state index contributed by atoms with van der Waals surface area (Å²) in [5.41, 5.74) is 5.11. The molecule has 1 saturated heterocycles. The largest absolute Gasteiger partial charge is 0.339 e. The lowest BCUT2D eigenvalue weighted by Gasteiger charge is -2.38. The summed E-state index contributed by atoms with van der Waals surface area (Å²) in [4.78, 5) is 27.7. The number of amides is 2.